The highest BCUT2D eigenvalue weighted by atomic mass is 19.2. The zero-order chi connectivity index (χ0) is 19.0. The van der Waals surface area contributed by atoms with E-state index in [2.05, 4.69) is 0 Å². The van der Waals surface area contributed by atoms with E-state index in [1.165, 1.54) is 6.07 Å². The summed E-state index contributed by atoms with van der Waals surface area (Å²) >= 11 is 0. The molecule has 27 heavy (non-hydrogen) atoms. The Labute approximate surface area is 155 Å². The summed E-state index contributed by atoms with van der Waals surface area (Å²) in [6.45, 7) is 1.38. The van der Waals surface area contributed by atoms with Crippen LogP contribution in [0.25, 0.3) is 5.57 Å². The van der Waals surface area contributed by atoms with Gasteiger partial charge in [-0.2, -0.15) is 0 Å². The third kappa shape index (κ3) is 3.01. The number of piperidine rings is 1. The zero-order valence-electron chi connectivity index (χ0n) is 14.6. The number of likely N-dealkylation sites (tertiary alicyclic amines) is 1. The molecule has 1 saturated heterocycles. The predicted molar refractivity (Wildman–Crippen MR) is 97.6 cm³/mol. The maximum Gasteiger partial charge on any atom is 0.282 e. The Morgan fingerprint density at radius 3 is 2.15 bits per heavy atom. The molecule has 2 aromatic rings. The van der Waals surface area contributed by atoms with Gasteiger partial charge in [0.05, 0.1) is 11.3 Å². The summed E-state index contributed by atoms with van der Waals surface area (Å²) in [5.41, 5.74) is 1.33. The normalized spacial score (nSPS) is 17.9. The summed E-state index contributed by atoms with van der Waals surface area (Å²) in [5.74, 6) is -3.13. The predicted octanol–water partition coefficient (Wildman–Crippen LogP) is 3.74. The van der Waals surface area contributed by atoms with E-state index in [9.17, 15) is 18.4 Å². The Kier molecular flexibility index (Phi) is 4.48. The number of hydrogen-bond donors (Lipinski definition) is 0. The Hall–Kier alpha value is -3.02. The van der Waals surface area contributed by atoms with Gasteiger partial charge in [-0.1, -0.05) is 30.3 Å². The molecule has 0 saturated carbocycles. The molecule has 0 spiro atoms. The van der Waals surface area contributed by atoms with E-state index in [-0.39, 0.29) is 5.69 Å². The fourth-order valence-corrected chi connectivity index (χ4v) is 3.65. The second-order valence-electron chi connectivity index (χ2n) is 6.68. The third-order valence-electron chi connectivity index (χ3n) is 4.96. The van der Waals surface area contributed by atoms with Gasteiger partial charge in [0.25, 0.3) is 11.8 Å². The van der Waals surface area contributed by atoms with Crippen molar-refractivity contribution in [3.05, 3.63) is 71.4 Å². The van der Waals surface area contributed by atoms with E-state index in [1.54, 1.807) is 24.3 Å². The number of halogens is 2. The van der Waals surface area contributed by atoms with Crippen LogP contribution < -0.4 is 4.90 Å². The number of benzene rings is 2. The molecule has 4 nitrogen and oxygen atoms in total. The summed E-state index contributed by atoms with van der Waals surface area (Å²) < 4.78 is 27.0. The molecule has 0 atom stereocenters. The summed E-state index contributed by atoms with van der Waals surface area (Å²) in [4.78, 5) is 29.2. The molecular formula is C21H18F2N2O2. The zero-order valence-corrected chi connectivity index (χ0v) is 14.6. The number of amides is 2. The highest BCUT2D eigenvalue weighted by Crippen LogP contribution is 2.36. The summed E-state index contributed by atoms with van der Waals surface area (Å²) in [6.07, 6.45) is 2.97. The van der Waals surface area contributed by atoms with Crippen LogP contribution in [0.2, 0.25) is 0 Å². The molecule has 0 N–H and O–H groups in total. The van der Waals surface area contributed by atoms with Crippen LogP contribution in [-0.4, -0.2) is 29.8 Å². The summed E-state index contributed by atoms with van der Waals surface area (Å²) in [7, 11) is 0. The Morgan fingerprint density at radius 2 is 1.48 bits per heavy atom. The molecule has 2 aromatic carbocycles. The van der Waals surface area contributed by atoms with E-state index >= 15 is 0 Å². The largest absolute Gasteiger partial charge is 0.366 e. The first-order valence-electron chi connectivity index (χ1n) is 8.96. The van der Waals surface area contributed by atoms with Crippen molar-refractivity contribution >= 4 is 23.1 Å². The number of anilines is 1. The lowest BCUT2D eigenvalue weighted by molar-refractivity contribution is -0.120. The molecule has 0 bridgehead atoms. The lowest BCUT2D eigenvalue weighted by Gasteiger charge is -2.29. The second-order valence-corrected chi connectivity index (χ2v) is 6.68. The third-order valence-corrected chi connectivity index (χ3v) is 4.96. The summed E-state index contributed by atoms with van der Waals surface area (Å²) in [5, 5.41) is 0. The first-order valence-corrected chi connectivity index (χ1v) is 8.96. The second kappa shape index (κ2) is 6.95. The number of nitrogens with zero attached hydrogens (tertiary/aromatic N) is 2. The average molecular weight is 368 g/mol. The molecule has 0 radical (unpaired) electrons. The molecule has 0 unspecified atom stereocenters. The van der Waals surface area contributed by atoms with Crippen molar-refractivity contribution in [2.45, 2.75) is 19.3 Å². The molecular weight excluding hydrogens is 350 g/mol. The Morgan fingerprint density at radius 1 is 0.778 bits per heavy atom. The van der Waals surface area contributed by atoms with E-state index in [0.29, 0.717) is 29.9 Å². The number of imide groups is 1. The topological polar surface area (TPSA) is 40.6 Å². The van der Waals surface area contributed by atoms with Crippen molar-refractivity contribution in [3.63, 3.8) is 0 Å². The van der Waals surface area contributed by atoms with Gasteiger partial charge in [0.1, 0.15) is 5.70 Å². The van der Waals surface area contributed by atoms with Crippen molar-refractivity contribution in [2.75, 3.05) is 18.0 Å². The van der Waals surface area contributed by atoms with Gasteiger partial charge in [0.2, 0.25) is 0 Å². The van der Waals surface area contributed by atoms with Crippen LogP contribution in [0.5, 0.6) is 0 Å². The van der Waals surface area contributed by atoms with Crippen LogP contribution >= 0.6 is 0 Å². The smallest absolute Gasteiger partial charge is 0.282 e. The first-order chi connectivity index (χ1) is 13.1. The van der Waals surface area contributed by atoms with Crippen molar-refractivity contribution in [3.8, 4) is 0 Å². The van der Waals surface area contributed by atoms with Crippen LogP contribution in [0.4, 0.5) is 14.5 Å². The van der Waals surface area contributed by atoms with Crippen molar-refractivity contribution in [1.29, 1.82) is 0 Å². The minimum absolute atomic E-state index is 0.0318. The van der Waals surface area contributed by atoms with Gasteiger partial charge in [0.15, 0.2) is 11.6 Å². The Balaban J connectivity index is 1.82. The minimum Gasteiger partial charge on any atom is -0.366 e. The van der Waals surface area contributed by atoms with Gasteiger partial charge in [0, 0.05) is 19.2 Å². The van der Waals surface area contributed by atoms with Crippen molar-refractivity contribution in [1.82, 2.24) is 4.90 Å². The van der Waals surface area contributed by atoms with Crippen LogP contribution in [0.3, 0.4) is 0 Å². The van der Waals surface area contributed by atoms with E-state index in [4.69, 9.17) is 0 Å². The van der Waals surface area contributed by atoms with E-state index in [0.717, 1.165) is 36.3 Å². The standard InChI is InChI=1S/C21H18F2N2O2/c22-16-10-9-15(13-17(16)23)25-20(26)18(14-7-3-1-4-8-14)19(21(25)27)24-11-5-2-6-12-24/h1,3-4,7-10,13H,2,5-6,11-12H2. The van der Waals surface area contributed by atoms with Crippen LogP contribution in [0.15, 0.2) is 54.2 Å². The van der Waals surface area contributed by atoms with Gasteiger partial charge in [-0.3, -0.25) is 9.59 Å². The lowest BCUT2D eigenvalue weighted by atomic mass is 10.0. The van der Waals surface area contributed by atoms with Gasteiger partial charge in [-0.25, -0.2) is 13.7 Å². The molecule has 0 aliphatic carbocycles. The Bertz CT molecular complexity index is 934. The molecule has 2 aliphatic heterocycles. The monoisotopic (exact) mass is 368 g/mol. The fraction of sp³-hybridized carbons (Fsp3) is 0.238. The van der Waals surface area contributed by atoms with E-state index in [1.807, 2.05) is 11.0 Å². The molecule has 2 aliphatic rings. The molecule has 138 valence electrons. The number of carbonyl (C=O) groups excluding carboxylic acids is 2. The van der Waals surface area contributed by atoms with Crippen LogP contribution in [0.1, 0.15) is 24.8 Å². The minimum atomic E-state index is -1.10. The van der Waals surface area contributed by atoms with Crippen molar-refractivity contribution < 1.29 is 18.4 Å². The lowest BCUT2D eigenvalue weighted by Crippen LogP contribution is -2.37. The van der Waals surface area contributed by atoms with E-state index < -0.39 is 23.4 Å². The maximum atomic E-state index is 13.7. The molecule has 2 heterocycles. The first kappa shape index (κ1) is 17.4. The van der Waals surface area contributed by atoms with Crippen molar-refractivity contribution in [2.24, 2.45) is 0 Å². The molecule has 2 amide bonds. The van der Waals surface area contributed by atoms with Gasteiger partial charge in [-0.15, -0.1) is 0 Å². The highest BCUT2D eigenvalue weighted by molar-refractivity contribution is 6.45. The van der Waals surface area contributed by atoms with Crippen LogP contribution in [-0.2, 0) is 9.59 Å². The molecule has 1 fully saturated rings. The quantitative estimate of drug-likeness (QED) is 0.775. The average Bonchev–Trinajstić information content (AvgIpc) is 2.96. The number of rotatable bonds is 3. The maximum absolute atomic E-state index is 13.7. The van der Waals surface area contributed by atoms with Gasteiger partial charge < -0.3 is 4.90 Å². The fourth-order valence-electron chi connectivity index (χ4n) is 3.65. The SMILES string of the molecule is O=C1C(c2ccccc2)=C(N2CCCCC2)C(=O)N1c1ccc(F)c(F)c1. The molecule has 0 aromatic heterocycles. The van der Waals surface area contributed by atoms with Crippen LogP contribution in [0, 0.1) is 11.6 Å². The molecule has 6 heteroatoms. The highest BCUT2D eigenvalue weighted by Gasteiger charge is 2.42. The van der Waals surface area contributed by atoms with Gasteiger partial charge >= 0.3 is 0 Å². The molecule has 4 rings (SSSR count). The van der Waals surface area contributed by atoms with Gasteiger partial charge in [-0.05, 0) is 37.0 Å². The number of hydrogen-bond acceptors (Lipinski definition) is 3. The summed E-state index contributed by atoms with van der Waals surface area (Å²) in [6, 6.07) is 12.0. The number of carbonyl (C=O) groups is 2.